The normalized spacial score (nSPS) is 11.5. The van der Waals surface area contributed by atoms with E-state index in [0.717, 1.165) is 56.2 Å². The van der Waals surface area contributed by atoms with Crippen molar-refractivity contribution >= 4 is 39.2 Å². The van der Waals surface area contributed by atoms with Crippen molar-refractivity contribution in [1.82, 2.24) is 15.1 Å². The Hall–Kier alpha value is -4.18. The highest BCUT2D eigenvalue weighted by Crippen LogP contribution is 2.28. The molecule has 10 heteroatoms. The first kappa shape index (κ1) is 31.3. The molecule has 1 atom stereocenters. The van der Waals surface area contributed by atoms with E-state index in [2.05, 4.69) is 41.7 Å². The number of carbonyl (C=O) groups is 2. The van der Waals surface area contributed by atoms with Crippen molar-refractivity contribution in [1.29, 1.82) is 0 Å². The van der Waals surface area contributed by atoms with E-state index in [9.17, 15) is 13.8 Å². The second-order valence-electron chi connectivity index (χ2n) is 10.3. The van der Waals surface area contributed by atoms with Crippen molar-refractivity contribution < 1.29 is 18.5 Å². The molecule has 218 valence electrons. The minimum absolute atomic E-state index is 0.197. The van der Waals surface area contributed by atoms with Crippen molar-refractivity contribution in [3.63, 3.8) is 0 Å². The van der Waals surface area contributed by atoms with Gasteiger partial charge in [-0.1, -0.05) is 26.0 Å². The molecule has 9 nitrogen and oxygen atoms in total. The Morgan fingerprint density at radius 1 is 1.07 bits per heavy atom. The molecule has 0 spiro atoms. The van der Waals surface area contributed by atoms with E-state index >= 15 is 0 Å². The van der Waals surface area contributed by atoms with Crippen molar-refractivity contribution in [3.8, 4) is 11.4 Å². The van der Waals surface area contributed by atoms with E-state index in [4.69, 9.17) is 10.5 Å². The van der Waals surface area contributed by atoms with E-state index in [1.54, 1.807) is 31.6 Å². The molecule has 2 amide bonds. The van der Waals surface area contributed by atoms with Gasteiger partial charge in [0.15, 0.2) is 0 Å². The highest BCUT2D eigenvalue weighted by atomic mass is 32.2. The first-order valence-electron chi connectivity index (χ1n) is 13.3. The first-order chi connectivity index (χ1) is 19.4. The van der Waals surface area contributed by atoms with Gasteiger partial charge in [-0.25, -0.2) is 4.68 Å². The molecule has 0 radical (unpaired) electrons. The number of benzene rings is 3. The number of amides is 2. The molecule has 1 unspecified atom stereocenters. The molecule has 4 N–H and O–H groups in total. The molecule has 41 heavy (non-hydrogen) atoms. The van der Waals surface area contributed by atoms with Crippen LogP contribution < -0.4 is 21.1 Å². The lowest BCUT2D eigenvalue weighted by Gasteiger charge is -2.12. The maximum absolute atomic E-state index is 12.2. The molecule has 1 heterocycles. The number of aromatic nitrogens is 2. The van der Waals surface area contributed by atoms with E-state index in [-0.39, 0.29) is 12.5 Å². The van der Waals surface area contributed by atoms with Crippen LogP contribution in [-0.4, -0.2) is 52.3 Å². The third-order valence-electron chi connectivity index (χ3n) is 6.20. The number of rotatable bonds is 9. The monoisotopic (exact) mass is 577 g/mol. The van der Waals surface area contributed by atoms with E-state index in [0.29, 0.717) is 11.5 Å². The van der Waals surface area contributed by atoms with Gasteiger partial charge in [0.2, 0.25) is 5.91 Å². The van der Waals surface area contributed by atoms with Crippen LogP contribution in [0.2, 0.25) is 0 Å². The lowest BCUT2D eigenvalue weighted by Crippen LogP contribution is -2.33. The third kappa shape index (κ3) is 8.17. The maximum Gasteiger partial charge on any atom is 0.251 e. The summed E-state index contributed by atoms with van der Waals surface area (Å²) < 4.78 is 18.4. The van der Waals surface area contributed by atoms with Crippen LogP contribution in [0.3, 0.4) is 0 Å². The first-order valence-corrected chi connectivity index (χ1v) is 14.8. The average Bonchev–Trinajstić information content (AvgIpc) is 3.33. The number of methoxy groups -OCH3 is 1. The van der Waals surface area contributed by atoms with Crippen LogP contribution in [0.15, 0.2) is 59.6 Å². The molecule has 0 aliphatic heterocycles. The highest BCUT2D eigenvalue weighted by Gasteiger charge is 2.13. The van der Waals surface area contributed by atoms with Crippen molar-refractivity contribution in [2.45, 2.75) is 39.5 Å². The van der Waals surface area contributed by atoms with Crippen LogP contribution in [0, 0.1) is 26.7 Å². The van der Waals surface area contributed by atoms with Crippen LogP contribution in [0.1, 0.15) is 40.9 Å². The van der Waals surface area contributed by atoms with Gasteiger partial charge < -0.3 is 21.1 Å². The van der Waals surface area contributed by atoms with Gasteiger partial charge in [0, 0.05) is 29.4 Å². The van der Waals surface area contributed by atoms with Crippen molar-refractivity contribution in [3.05, 3.63) is 77.0 Å². The third-order valence-corrected chi connectivity index (χ3v) is 7.30. The number of nitrogens with zero attached hydrogens (tertiary/aromatic N) is 2. The number of ether oxygens (including phenoxy) is 1. The minimum atomic E-state index is -0.985. The van der Waals surface area contributed by atoms with Crippen molar-refractivity contribution in [2.24, 2.45) is 11.7 Å². The summed E-state index contributed by atoms with van der Waals surface area (Å²) in [5.74, 6) is 0.312. The van der Waals surface area contributed by atoms with Gasteiger partial charge in [0.1, 0.15) is 5.75 Å². The Kier molecular flexibility index (Phi) is 10.7. The number of aryl methyl sites for hydroxylation is 3. The van der Waals surface area contributed by atoms with E-state index in [1.165, 1.54) is 0 Å². The highest BCUT2D eigenvalue weighted by molar-refractivity contribution is 7.84. The zero-order valence-corrected chi connectivity index (χ0v) is 25.5. The molecular weight excluding hydrogens is 538 g/mol. The van der Waals surface area contributed by atoms with E-state index in [1.807, 2.05) is 49.8 Å². The SMILES string of the molecule is COc1cc(C)cc(C)c1S(C)=O.Cc1cc(NCC(C)C)c2cnn(-c3cccc(C(=O)NCC(N)=O)c3)c2c1. The maximum atomic E-state index is 12.2. The predicted octanol–water partition coefficient (Wildman–Crippen LogP) is 4.67. The number of carbonyl (C=O) groups excluding carboxylic acids is 2. The summed E-state index contributed by atoms with van der Waals surface area (Å²) in [5.41, 5.74) is 11.6. The summed E-state index contributed by atoms with van der Waals surface area (Å²) >= 11 is 0. The smallest absolute Gasteiger partial charge is 0.251 e. The quantitative estimate of drug-likeness (QED) is 0.265. The molecule has 4 rings (SSSR count). The summed E-state index contributed by atoms with van der Waals surface area (Å²) in [6, 6.07) is 15.2. The van der Waals surface area contributed by atoms with Crippen LogP contribution in [-0.2, 0) is 15.6 Å². The number of hydrogen-bond acceptors (Lipinski definition) is 6. The molecule has 0 saturated carbocycles. The number of primary amides is 1. The standard InChI is InChI=1S/C21H25N5O2.C10H14O2S/c1-13(2)10-23-18-7-14(3)8-19-17(18)11-25-26(19)16-6-4-5-15(9-16)21(28)24-12-20(22)27;1-7-5-8(2)10(13(4)11)9(6-7)12-3/h4-9,11,13,23H,10,12H2,1-3H3,(H2,22,27)(H,24,28);5-6H,1-4H3. The molecule has 0 aliphatic carbocycles. The minimum Gasteiger partial charge on any atom is -0.495 e. The number of nitrogens with one attached hydrogen (secondary N) is 2. The summed E-state index contributed by atoms with van der Waals surface area (Å²) in [6.07, 6.45) is 3.50. The zero-order chi connectivity index (χ0) is 30.3. The average molecular weight is 578 g/mol. The Bertz CT molecular complexity index is 1580. The van der Waals surface area contributed by atoms with Gasteiger partial charge in [-0.3, -0.25) is 13.8 Å². The molecule has 1 aromatic heterocycles. The van der Waals surface area contributed by atoms with Gasteiger partial charge >= 0.3 is 0 Å². The zero-order valence-electron chi connectivity index (χ0n) is 24.7. The van der Waals surface area contributed by atoms with Crippen LogP contribution >= 0.6 is 0 Å². The number of anilines is 1. The Labute approximate surface area is 243 Å². The Balaban J connectivity index is 0.000000298. The molecule has 4 aromatic rings. The number of hydrogen-bond donors (Lipinski definition) is 3. The summed E-state index contributed by atoms with van der Waals surface area (Å²) in [6.45, 7) is 11.0. The van der Waals surface area contributed by atoms with Gasteiger partial charge in [0.05, 0.1) is 46.8 Å². The van der Waals surface area contributed by atoms with Crippen LogP contribution in [0.5, 0.6) is 5.75 Å². The number of fused-ring (bicyclic) bond motifs is 1. The predicted molar refractivity (Wildman–Crippen MR) is 165 cm³/mol. The lowest BCUT2D eigenvalue weighted by molar-refractivity contribution is -0.117. The van der Waals surface area contributed by atoms with Gasteiger partial charge in [-0.15, -0.1) is 0 Å². The lowest BCUT2D eigenvalue weighted by atomic mass is 10.1. The molecule has 0 bridgehead atoms. The van der Waals surface area contributed by atoms with Gasteiger partial charge in [-0.05, 0) is 79.8 Å². The fraction of sp³-hybridized carbons (Fsp3) is 0.323. The van der Waals surface area contributed by atoms with Gasteiger partial charge in [0.25, 0.3) is 5.91 Å². The second kappa shape index (κ2) is 13.9. The largest absolute Gasteiger partial charge is 0.495 e. The van der Waals surface area contributed by atoms with Crippen LogP contribution in [0.4, 0.5) is 5.69 Å². The molecular formula is C31H39N5O4S. The summed E-state index contributed by atoms with van der Waals surface area (Å²) in [4.78, 5) is 23.9. The molecule has 0 fully saturated rings. The molecule has 0 aliphatic rings. The Morgan fingerprint density at radius 2 is 1.78 bits per heavy atom. The molecule has 0 saturated heterocycles. The second-order valence-corrected chi connectivity index (χ2v) is 11.7. The number of nitrogens with two attached hydrogens (primary N) is 1. The van der Waals surface area contributed by atoms with Crippen molar-refractivity contribution in [2.75, 3.05) is 31.8 Å². The summed E-state index contributed by atoms with van der Waals surface area (Å²) in [7, 11) is 0.617. The Morgan fingerprint density at radius 3 is 2.41 bits per heavy atom. The fourth-order valence-electron chi connectivity index (χ4n) is 4.42. The summed E-state index contributed by atoms with van der Waals surface area (Å²) in [5, 5.41) is 11.6. The van der Waals surface area contributed by atoms with Gasteiger partial charge in [-0.2, -0.15) is 5.10 Å². The van der Waals surface area contributed by atoms with E-state index < -0.39 is 16.7 Å². The molecule has 3 aromatic carbocycles. The fourth-order valence-corrected chi connectivity index (χ4v) is 5.35. The topological polar surface area (TPSA) is 128 Å². The van der Waals surface area contributed by atoms with Crippen LogP contribution in [0.25, 0.3) is 16.6 Å².